The number of halogens is 2. The molecule has 2 atom stereocenters. The van der Waals surface area contributed by atoms with Crippen LogP contribution in [0.2, 0.25) is 0 Å². The Labute approximate surface area is 154 Å². The Morgan fingerprint density at radius 1 is 1.21 bits per heavy atom. The van der Waals surface area contributed by atoms with Crippen molar-refractivity contribution in [2.45, 2.75) is 50.9 Å². The molecule has 4 rings (SSSR count). The van der Waals surface area contributed by atoms with Crippen LogP contribution < -0.4 is 4.74 Å². The molecule has 0 amide bonds. The smallest absolute Gasteiger partial charge is 0.131 e. The van der Waals surface area contributed by atoms with Gasteiger partial charge < -0.3 is 14.8 Å². The monoisotopic (exact) mass is 373 g/mol. The molecule has 0 saturated carbocycles. The van der Waals surface area contributed by atoms with E-state index < -0.39 is 11.7 Å². The summed E-state index contributed by atoms with van der Waals surface area (Å²) in [6, 6.07) is 4.07. The Morgan fingerprint density at radius 2 is 1.92 bits per heavy atom. The highest BCUT2D eigenvalue weighted by atomic mass is 35.5. The molecule has 5 nitrogen and oxygen atoms in total. The zero-order chi connectivity index (χ0) is 15.3. The summed E-state index contributed by atoms with van der Waals surface area (Å²) in [4.78, 5) is 9.90. The van der Waals surface area contributed by atoms with E-state index in [-0.39, 0.29) is 30.9 Å². The number of piperidine rings is 1. The third-order valence-corrected chi connectivity index (χ3v) is 5.04. The van der Waals surface area contributed by atoms with Crippen LogP contribution in [-0.2, 0) is 0 Å². The van der Waals surface area contributed by atoms with Gasteiger partial charge >= 0.3 is 0 Å². The number of H-pyrrole nitrogens is 1. The molecule has 2 N–H and O–H groups in total. The lowest BCUT2D eigenvalue weighted by Crippen LogP contribution is -2.54. The molecule has 1 fully saturated rings. The van der Waals surface area contributed by atoms with Crippen LogP contribution in [0.15, 0.2) is 18.5 Å². The van der Waals surface area contributed by atoms with Crippen LogP contribution in [0.25, 0.3) is 11.0 Å². The topological polar surface area (TPSA) is 61.4 Å². The van der Waals surface area contributed by atoms with E-state index in [1.807, 2.05) is 19.9 Å². The van der Waals surface area contributed by atoms with E-state index in [0.717, 1.165) is 35.4 Å². The quantitative estimate of drug-likeness (QED) is 0.803. The second-order valence-electron chi connectivity index (χ2n) is 7.00. The lowest BCUT2D eigenvalue weighted by molar-refractivity contribution is -0.0960. The van der Waals surface area contributed by atoms with Gasteiger partial charge in [0, 0.05) is 11.6 Å². The van der Waals surface area contributed by atoms with Crippen LogP contribution in [0.5, 0.6) is 5.75 Å². The number of hydrogen-bond donors (Lipinski definition) is 2. The van der Waals surface area contributed by atoms with Gasteiger partial charge in [-0.05, 0) is 45.8 Å². The summed E-state index contributed by atoms with van der Waals surface area (Å²) in [5.41, 5.74) is 2.37. The molecule has 7 heteroatoms. The molecule has 24 heavy (non-hydrogen) atoms. The molecule has 134 valence electrons. The van der Waals surface area contributed by atoms with Crippen LogP contribution in [-0.4, -0.2) is 44.8 Å². The van der Waals surface area contributed by atoms with Crippen molar-refractivity contribution in [3.8, 4) is 5.75 Å². The number of hydrogen-bond acceptors (Lipinski definition) is 4. The van der Waals surface area contributed by atoms with E-state index in [9.17, 15) is 5.11 Å². The van der Waals surface area contributed by atoms with Gasteiger partial charge in [-0.15, -0.1) is 24.8 Å². The average molecular weight is 374 g/mol. The van der Waals surface area contributed by atoms with Crippen molar-refractivity contribution < 1.29 is 9.84 Å². The highest BCUT2D eigenvalue weighted by molar-refractivity contribution is 5.85. The normalized spacial score (nSPS) is 26.0. The lowest BCUT2D eigenvalue weighted by Gasteiger charge is -2.47. The summed E-state index contributed by atoms with van der Waals surface area (Å²) in [7, 11) is 0. The van der Waals surface area contributed by atoms with E-state index in [4.69, 9.17) is 4.74 Å². The fourth-order valence-corrected chi connectivity index (χ4v) is 3.78. The average Bonchev–Trinajstić information content (AvgIpc) is 2.94. The molecule has 2 aliphatic heterocycles. The van der Waals surface area contributed by atoms with Crippen molar-refractivity contribution in [2.24, 2.45) is 0 Å². The van der Waals surface area contributed by atoms with Crippen LogP contribution in [0, 0.1) is 0 Å². The number of aromatic nitrogens is 2. The van der Waals surface area contributed by atoms with Gasteiger partial charge in [0.2, 0.25) is 0 Å². The molecule has 0 radical (unpaired) electrons. The fraction of sp³-hybridized carbons (Fsp3) is 0.588. The maximum atomic E-state index is 10.9. The number of aliphatic hydroxyl groups excluding tert-OH is 1. The molecule has 1 saturated heterocycles. The number of rotatable bonds is 1. The molecule has 1 aromatic carbocycles. The molecular weight excluding hydrogens is 349 g/mol. The molecule has 2 aromatic rings. The number of imidazole rings is 1. The van der Waals surface area contributed by atoms with Gasteiger partial charge in [-0.3, -0.25) is 4.90 Å². The Hall–Kier alpha value is -1.01. The minimum Gasteiger partial charge on any atom is -0.485 e. The van der Waals surface area contributed by atoms with E-state index in [2.05, 4.69) is 20.9 Å². The third kappa shape index (κ3) is 3.10. The Morgan fingerprint density at radius 3 is 2.62 bits per heavy atom. The molecule has 0 unspecified atom stereocenters. The molecule has 2 aliphatic rings. The maximum absolute atomic E-state index is 10.9. The first-order valence-electron chi connectivity index (χ1n) is 8.14. The molecule has 3 heterocycles. The predicted molar refractivity (Wildman–Crippen MR) is 99.5 cm³/mol. The minimum atomic E-state index is -0.594. The molecular formula is C17H25Cl2N3O2. The van der Waals surface area contributed by atoms with E-state index in [1.54, 1.807) is 6.33 Å². The number of nitrogens with one attached hydrogen (secondary N) is 1. The number of fused-ring (bicyclic) bond motifs is 2. The molecule has 0 bridgehead atoms. The Kier molecular flexibility index (Phi) is 5.70. The SMILES string of the molecule is CC1(C)Oc2cc3[nH]cnc3cc2[C@@H](N2CCCCC2)[C@@H]1O.Cl.Cl. The van der Waals surface area contributed by atoms with Crippen molar-refractivity contribution in [1.82, 2.24) is 14.9 Å². The van der Waals surface area contributed by atoms with Crippen LogP contribution in [0.3, 0.4) is 0 Å². The fourth-order valence-electron chi connectivity index (χ4n) is 3.78. The van der Waals surface area contributed by atoms with Crippen molar-refractivity contribution in [3.63, 3.8) is 0 Å². The minimum absolute atomic E-state index is 0. The van der Waals surface area contributed by atoms with Gasteiger partial charge in [-0.2, -0.15) is 0 Å². The first-order chi connectivity index (χ1) is 10.6. The van der Waals surface area contributed by atoms with E-state index in [1.165, 1.54) is 19.3 Å². The number of benzene rings is 1. The van der Waals surface area contributed by atoms with Gasteiger partial charge in [0.25, 0.3) is 0 Å². The van der Waals surface area contributed by atoms with Crippen LogP contribution >= 0.6 is 24.8 Å². The second-order valence-corrected chi connectivity index (χ2v) is 7.00. The Balaban J connectivity index is 0.00000104. The van der Waals surface area contributed by atoms with Crippen molar-refractivity contribution in [1.29, 1.82) is 0 Å². The standard InChI is InChI=1S/C17H23N3O2.2ClH/c1-17(2)16(21)15(20-6-4-3-5-7-20)11-8-12-13(19-10-18-12)9-14(11)22-17;;/h8-10,15-16,21H,3-7H2,1-2H3,(H,18,19);2*1H/t15-,16+;;/m1../s1. The van der Waals surface area contributed by atoms with Gasteiger partial charge in [-0.25, -0.2) is 4.98 Å². The first-order valence-corrected chi connectivity index (χ1v) is 8.14. The number of ether oxygens (including phenoxy) is 1. The zero-order valence-electron chi connectivity index (χ0n) is 14.0. The van der Waals surface area contributed by atoms with Crippen molar-refractivity contribution in [3.05, 3.63) is 24.0 Å². The first kappa shape index (κ1) is 19.3. The second kappa shape index (κ2) is 7.08. The summed E-state index contributed by atoms with van der Waals surface area (Å²) in [5.74, 6) is 0.864. The third-order valence-electron chi connectivity index (χ3n) is 5.04. The summed E-state index contributed by atoms with van der Waals surface area (Å²) >= 11 is 0. The van der Waals surface area contributed by atoms with Crippen LogP contribution in [0.1, 0.15) is 44.7 Å². The summed E-state index contributed by atoms with van der Waals surface area (Å²) in [6.07, 6.45) is 4.84. The number of aliphatic hydroxyl groups is 1. The van der Waals surface area contributed by atoms with E-state index in [0.29, 0.717) is 0 Å². The van der Waals surface area contributed by atoms with Gasteiger partial charge in [0.05, 0.1) is 23.4 Å². The predicted octanol–water partition coefficient (Wildman–Crippen LogP) is 3.47. The van der Waals surface area contributed by atoms with Crippen LogP contribution in [0.4, 0.5) is 0 Å². The van der Waals surface area contributed by atoms with E-state index >= 15 is 0 Å². The maximum Gasteiger partial charge on any atom is 0.131 e. The van der Waals surface area contributed by atoms with Crippen molar-refractivity contribution in [2.75, 3.05) is 13.1 Å². The van der Waals surface area contributed by atoms with Gasteiger partial charge in [0.1, 0.15) is 17.5 Å². The number of aromatic amines is 1. The molecule has 1 aromatic heterocycles. The van der Waals surface area contributed by atoms with Crippen molar-refractivity contribution >= 4 is 35.8 Å². The number of nitrogens with zero attached hydrogens (tertiary/aromatic N) is 2. The molecule has 0 aliphatic carbocycles. The highest BCUT2D eigenvalue weighted by Crippen LogP contribution is 2.44. The zero-order valence-corrected chi connectivity index (χ0v) is 15.6. The summed E-state index contributed by atoms with van der Waals surface area (Å²) in [6.45, 7) is 6.01. The highest BCUT2D eigenvalue weighted by Gasteiger charge is 2.45. The number of likely N-dealkylation sites (tertiary alicyclic amines) is 1. The Bertz CT molecular complexity index is 698. The largest absolute Gasteiger partial charge is 0.485 e. The summed E-state index contributed by atoms with van der Waals surface area (Å²) < 4.78 is 6.11. The summed E-state index contributed by atoms with van der Waals surface area (Å²) in [5, 5.41) is 10.9. The van der Waals surface area contributed by atoms with Gasteiger partial charge in [0.15, 0.2) is 0 Å². The lowest BCUT2D eigenvalue weighted by atomic mass is 9.84. The molecule has 0 spiro atoms. The van der Waals surface area contributed by atoms with Gasteiger partial charge in [-0.1, -0.05) is 6.42 Å².